The SMILES string of the molecule is c1ccc(-c2nc3ccccc3[nH]2)cc1.c1cn[nH]n1. The Morgan fingerprint density at radius 2 is 1.45 bits per heavy atom. The van der Waals surface area contributed by atoms with Crippen LogP contribution in [0.25, 0.3) is 22.4 Å². The zero-order chi connectivity index (χ0) is 13.6. The van der Waals surface area contributed by atoms with E-state index in [1.54, 1.807) is 12.4 Å². The van der Waals surface area contributed by atoms with E-state index in [1.165, 1.54) is 0 Å². The maximum absolute atomic E-state index is 4.53. The zero-order valence-corrected chi connectivity index (χ0v) is 10.7. The van der Waals surface area contributed by atoms with Crippen LogP contribution in [0.4, 0.5) is 0 Å². The summed E-state index contributed by atoms with van der Waals surface area (Å²) in [6.07, 6.45) is 3.17. The molecule has 0 unspecified atom stereocenters. The first kappa shape index (κ1) is 12.1. The molecule has 20 heavy (non-hydrogen) atoms. The van der Waals surface area contributed by atoms with Crippen molar-refractivity contribution in [1.29, 1.82) is 0 Å². The van der Waals surface area contributed by atoms with Crippen LogP contribution in [0.3, 0.4) is 0 Å². The minimum atomic E-state index is 0.928. The molecule has 0 fully saturated rings. The van der Waals surface area contributed by atoms with E-state index in [1.807, 2.05) is 42.5 Å². The second kappa shape index (κ2) is 5.79. The van der Waals surface area contributed by atoms with Gasteiger partial charge in [-0.3, -0.25) is 0 Å². The Morgan fingerprint density at radius 1 is 0.750 bits per heavy atom. The summed E-state index contributed by atoms with van der Waals surface area (Å²) in [5, 5.41) is 9.33. The van der Waals surface area contributed by atoms with E-state index in [4.69, 9.17) is 0 Å². The maximum Gasteiger partial charge on any atom is 0.138 e. The van der Waals surface area contributed by atoms with Gasteiger partial charge in [-0.1, -0.05) is 42.5 Å². The molecular formula is C15H13N5. The topological polar surface area (TPSA) is 70.2 Å². The minimum Gasteiger partial charge on any atom is -0.338 e. The van der Waals surface area contributed by atoms with Crippen molar-refractivity contribution < 1.29 is 0 Å². The number of nitrogens with one attached hydrogen (secondary N) is 2. The van der Waals surface area contributed by atoms with E-state index in [9.17, 15) is 0 Å². The number of fused-ring (bicyclic) bond motifs is 1. The zero-order valence-electron chi connectivity index (χ0n) is 10.7. The van der Waals surface area contributed by atoms with Crippen molar-refractivity contribution in [2.24, 2.45) is 0 Å². The van der Waals surface area contributed by atoms with Gasteiger partial charge in [-0.2, -0.15) is 15.4 Å². The molecule has 0 atom stereocenters. The van der Waals surface area contributed by atoms with Gasteiger partial charge in [0.2, 0.25) is 0 Å². The number of para-hydroxylation sites is 2. The Balaban J connectivity index is 0.000000205. The summed E-state index contributed by atoms with van der Waals surface area (Å²) in [6.45, 7) is 0. The molecule has 0 saturated carbocycles. The molecule has 4 aromatic rings. The summed E-state index contributed by atoms with van der Waals surface area (Å²) < 4.78 is 0. The van der Waals surface area contributed by atoms with E-state index < -0.39 is 0 Å². The van der Waals surface area contributed by atoms with Gasteiger partial charge in [0, 0.05) is 5.56 Å². The molecule has 0 aliphatic rings. The molecule has 5 heteroatoms. The number of hydrogen-bond donors (Lipinski definition) is 2. The first-order valence-electron chi connectivity index (χ1n) is 6.23. The van der Waals surface area contributed by atoms with Crippen LogP contribution in [-0.2, 0) is 0 Å². The summed E-state index contributed by atoms with van der Waals surface area (Å²) in [6, 6.07) is 18.2. The van der Waals surface area contributed by atoms with Crippen molar-refractivity contribution in [2.75, 3.05) is 0 Å². The van der Waals surface area contributed by atoms with Crippen molar-refractivity contribution in [2.45, 2.75) is 0 Å². The van der Waals surface area contributed by atoms with Gasteiger partial charge in [0.15, 0.2) is 0 Å². The van der Waals surface area contributed by atoms with Gasteiger partial charge in [-0.15, -0.1) is 0 Å². The first-order valence-corrected chi connectivity index (χ1v) is 6.23. The van der Waals surface area contributed by atoms with Gasteiger partial charge in [-0.05, 0) is 12.1 Å². The second-order valence-corrected chi connectivity index (χ2v) is 4.12. The van der Waals surface area contributed by atoms with Gasteiger partial charge in [0.1, 0.15) is 5.82 Å². The van der Waals surface area contributed by atoms with Crippen LogP contribution >= 0.6 is 0 Å². The number of H-pyrrole nitrogens is 2. The average molecular weight is 263 g/mol. The molecule has 2 aromatic carbocycles. The smallest absolute Gasteiger partial charge is 0.138 e. The molecule has 0 radical (unpaired) electrons. The molecular weight excluding hydrogens is 250 g/mol. The lowest BCUT2D eigenvalue weighted by molar-refractivity contribution is 0.940. The number of benzene rings is 2. The van der Waals surface area contributed by atoms with Crippen molar-refractivity contribution >= 4 is 11.0 Å². The molecule has 0 aliphatic carbocycles. The van der Waals surface area contributed by atoms with Crippen LogP contribution in [0, 0.1) is 0 Å². The summed E-state index contributed by atoms with van der Waals surface area (Å²) in [7, 11) is 0. The highest BCUT2D eigenvalue weighted by atomic mass is 15.3. The van der Waals surface area contributed by atoms with Crippen LogP contribution in [0.5, 0.6) is 0 Å². The fraction of sp³-hybridized carbons (Fsp3) is 0. The third kappa shape index (κ3) is 2.72. The fourth-order valence-electron chi connectivity index (χ4n) is 1.85. The van der Waals surface area contributed by atoms with Crippen molar-refractivity contribution in [3.63, 3.8) is 0 Å². The number of nitrogens with zero attached hydrogens (tertiary/aromatic N) is 3. The average Bonchev–Trinajstić information content (AvgIpc) is 3.20. The van der Waals surface area contributed by atoms with Gasteiger partial charge in [0.25, 0.3) is 0 Å². The monoisotopic (exact) mass is 263 g/mol. The van der Waals surface area contributed by atoms with Gasteiger partial charge >= 0.3 is 0 Å². The van der Waals surface area contributed by atoms with Crippen LogP contribution in [0.1, 0.15) is 0 Å². The molecule has 98 valence electrons. The summed E-state index contributed by atoms with van der Waals surface area (Å²) in [4.78, 5) is 7.83. The molecule has 0 bridgehead atoms. The molecule has 0 amide bonds. The third-order valence-electron chi connectivity index (χ3n) is 2.77. The van der Waals surface area contributed by atoms with Crippen molar-refractivity contribution in [3.05, 3.63) is 67.0 Å². The molecule has 2 heterocycles. The van der Waals surface area contributed by atoms with E-state index in [0.29, 0.717) is 0 Å². The lowest BCUT2D eigenvalue weighted by atomic mass is 10.2. The molecule has 5 nitrogen and oxygen atoms in total. The Morgan fingerprint density at radius 3 is 2.10 bits per heavy atom. The quantitative estimate of drug-likeness (QED) is 0.554. The molecule has 2 aromatic heterocycles. The van der Waals surface area contributed by atoms with Crippen LogP contribution < -0.4 is 0 Å². The summed E-state index contributed by atoms with van der Waals surface area (Å²) in [5.74, 6) is 0.928. The Bertz CT molecular complexity index is 709. The molecule has 2 N–H and O–H groups in total. The maximum atomic E-state index is 4.53. The Kier molecular flexibility index (Phi) is 3.51. The largest absolute Gasteiger partial charge is 0.338 e. The van der Waals surface area contributed by atoms with E-state index >= 15 is 0 Å². The lowest BCUT2D eigenvalue weighted by Gasteiger charge is -1.93. The van der Waals surface area contributed by atoms with Crippen LogP contribution in [0.15, 0.2) is 67.0 Å². The number of imidazole rings is 1. The van der Waals surface area contributed by atoms with E-state index in [-0.39, 0.29) is 0 Å². The normalized spacial score (nSPS) is 10.0. The number of aromatic amines is 2. The highest BCUT2D eigenvalue weighted by Gasteiger charge is 2.02. The Labute approximate surface area is 115 Å². The number of aromatic nitrogens is 5. The lowest BCUT2D eigenvalue weighted by Crippen LogP contribution is -1.77. The molecule has 0 spiro atoms. The van der Waals surface area contributed by atoms with Gasteiger partial charge in [-0.25, -0.2) is 4.98 Å². The predicted molar refractivity (Wildman–Crippen MR) is 77.9 cm³/mol. The van der Waals surface area contributed by atoms with Crippen LogP contribution in [-0.4, -0.2) is 25.4 Å². The third-order valence-corrected chi connectivity index (χ3v) is 2.77. The highest BCUT2D eigenvalue weighted by Crippen LogP contribution is 2.19. The van der Waals surface area contributed by atoms with E-state index in [2.05, 4.69) is 37.5 Å². The molecule has 0 aliphatic heterocycles. The minimum absolute atomic E-state index is 0.928. The number of hydrogen-bond acceptors (Lipinski definition) is 3. The Hall–Kier alpha value is -2.95. The van der Waals surface area contributed by atoms with Crippen molar-refractivity contribution in [1.82, 2.24) is 25.4 Å². The van der Waals surface area contributed by atoms with Gasteiger partial charge in [0.05, 0.1) is 23.4 Å². The fourth-order valence-corrected chi connectivity index (χ4v) is 1.85. The summed E-state index contributed by atoms with van der Waals surface area (Å²) in [5.41, 5.74) is 3.21. The highest BCUT2D eigenvalue weighted by molar-refractivity contribution is 5.79. The molecule has 4 rings (SSSR count). The predicted octanol–water partition coefficient (Wildman–Crippen LogP) is 3.03. The van der Waals surface area contributed by atoms with Crippen LogP contribution in [0.2, 0.25) is 0 Å². The van der Waals surface area contributed by atoms with E-state index in [0.717, 1.165) is 22.4 Å². The summed E-state index contributed by atoms with van der Waals surface area (Å²) >= 11 is 0. The van der Waals surface area contributed by atoms with Gasteiger partial charge < -0.3 is 4.98 Å². The molecule has 0 saturated heterocycles. The first-order chi connectivity index (χ1) is 9.93. The standard InChI is InChI=1S/C13H10N2.C2H3N3/c1-2-6-10(7-3-1)13-14-11-8-4-5-9-12(11)15-13;1-2-4-5-3-1/h1-9H,(H,14,15);1-2H,(H,3,4,5). The number of rotatable bonds is 1. The van der Waals surface area contributed by atoms with Crippen molar-refractivity contribution in [3.8, 4) is 11.4 Å². The second-order valence-electron chi connectivity index (χ2n) is 4.12.